The van der Waals surface area contributed by atoms with Crippen LogP contribution < -0.4 is 0 Å². The van der Waals surface area contributed by atoms with Crippen LogP contribution in [0.4, 0.5) is 0 Å². The fourth-order valence-corrected chi connectivity index (χ4v) is 4.68. The maximum atomic E-state index is 12.6. The lowest BCUT2D eigenvalue weighted by molar-refractivity contribution is -0.127. The lowest BCUT2D eigenvalue weighted by Gasteiger charge is -2.20. The summed E-state index contributed by atoms with van der Waals surface area (Å²) in [6.45, 7) is 1.76. The van der Waals surface area contributed by atoms with Gasteiger partial charge in [-0.05, 0) is 44.4 Å². The van der Waals surface area contributed by atoms with Gasteiger partial charge >= 0.3 is 0 Å². The first-order chi connectivity index (χ1) is 11.9. The molecule has 2 fully saturated rings. The van der Waals surface area contributed by atoms with E-state index in [2.05, 4.69) is 0 Å². The first-order valence-electron chi connectivity index (χ1n) is 8.27. The number of aliphatic hydroxyl groups is 1. The fraction of sp³-hybridized carbons (Fsp3) is 0.368. The summed E-state index contributed by atoms with van der Waals surface area (Å²) in [4.78, 5) is 25.7. The minimum Gasteiger partial charge on any atom is -0.506 e. The third-order valence-corrected chi connectivity index (χ3v) is 6.18. The normalized spacial score (nSPS) is 24.2. The van der Waals surface area contributed by atoms with Gasteiger partial charge in [0.15, 0.2) is 17.1 Å². The number of carbonyl (C=O) groups excluding carboxylic acids is 2. The molecular weight excluding hydrogens is 340 g/mol. The summed E-state index contributed by atoms with van der Waals surface area (Å²) in [5.41, 5.74) is 0.713. The van der Waals surface area contributed by atoms with E-state index in [1.165, 1.54) is 0 Å². The third kappa shape index (κ3) is 2.39. The second-order valence-corrected chi connectivity index (χ2v) is 8.17. The molecule has 1 aromatic carbocycles. The summed E-state index contributed by atoms with van der Waals surface area (Å²) in [5.74, 6) is -0.521. The quantitative estimate of drug-likeness (QED) is 0.506. The number of carbonyl (C=O) groups is 2. The van der Waals surface area contributed by atoms with E-state index in [-0.39, 0.29) is 34.7 Å². The molecule has 1 aromatic heterocycles. The summed E-state index contributed by atoms with van der Waals surface area (Å²) < 4.78 is 17.6. The SMILES string of the molecule is Cc1cc2c(C(O)=C3C(=O)C4CCC(C4)C3=O)ccc(S(C)=O)c2o1. The van der Waals surface area contributed by atoms with E-state index in [0.717, 1.165) is 0 Å². The molecule has 1 N–H and O–H groups in total. The molecule has 2 aromatic rings. The Morgan fingerprint density at radius 2 is 1.84 bits per heavy atom. The average molecular weight is 358 g/mol. The van der Waals surface area contributed by atoms with Crippen molar-refractivity contribution in [3.05, 3.63) is 35.1 Å². The van der Waals surface area contributed by atoms with E-state index in [1.807, 2.05) is 0 Å². The van der Waals surface area contributed by atoms with Crippen molar-refractivity contribution in [1.82, 2.24) is 0 Å². The van der Waals surface area contributed by atoms with Gasteiger partial charge in [-0.3, -0.25) is 13.8 Å². The van der Waals surface area contributed by atoms with Gasteiger partial charge in [0.05, 0.1) is 15.7 Å². The summed E-state index contributed by atoms with van der Waals surface area (Å²) in [7, 11) is -1.26. The maximum absolute atomic E-state index is 12.6. The van der Waals surface area contributed by atoms with E-state index >= 15 is 0 Å². The molecule has 6 heteroatoms. The molecule has 25 heavy (non-hydrogen) atoms. The molecule has 2 saturated carbocycles. The molecule has 0 radical (unpaired) electrons. The highest BCUT2D eigenvalue weighted by Gasteiger charge is 2.45. The largest absolute Gasteiger partial charge is 0.506 e. The van der Waals surface area contributed by atoms with Crippen molar-refractivity contribution in [1.29, 1.82) is 0 Å². The van der Waals surface area contributed by atoms with Crippen molar-refractivity contribution in [2.45, 2.75) is 31.1 Å². The molecule has 2 aliphatic rings. The fourth-order valence-electron chi connectivity index (χ4n) is 4.01. The first-order valence-corrected chi connectivity index (χ1v) is 9.83. The van der Waals surface area contributed by atoms with Crippen molar-refractivity contribution in [3.63, 3.8) is 0 Å². The minimum absolute atomic E-state index is 0.0794. The van der Waals surface area contributed by atoms with Gasteiger partial charge in [-0.1, -0.05) is 0 Å². The lowest BCUT2D eigenvalue weighted by atomic mass is 9.81. The second-order valence-electron chi connectivity index (χ2n) is 6.82. The van der Waals surface area contributed by atoms with Crippen molar-refractivity contribution >= 4 is 39.1 Å². The topological polar surface area (TPSA) is 84.6 Å². The lowest BCUT2D eigenvalue weighted by Crippen LogP contribution is -2.30. The Bertz CT molecular complexity index is 957. The van der Waals surface area contributed by atoms with E-state index in [0.29, 0.717) is 46.5 Å². The number of aryl methyl sites for hydroxylation is 1. The molecule has 5 nitrogen and oxygen atoms in total. The molecule has 0 aliphatic heterocycles. The number of rotatable bonds is 2. The van der Waals surface area contributed by atoms with Crippen LogP contribution in [-0.2, 0) is 20.4 Å². The zero-order chi connectivity index (χ0) is 17.9. The van der Waals surface area contributed by atoms with Crippen LogP contribution >= 0.6 is 0 Å². The van der Waals surface area contributed by atoms with Crippen LogP contribution in [0.15, 0.2) is 33.1 Å². The Labute approximate surface area is 147 Å². The van der Waals surface area contributed by atoms with Gasteiger partial charge in [-0.25, -0.2) is 0 Å². The summed E-state index contributed by atoms with van der Waals surface area (Å²) in [5, 5.41) is 11.4. The Kier molecular flexibility index (Phi) is 3.68. The van der Waals surface area contributed by atoms with E-state index in [1.54, 1.807) is 31.4 Å². The number of furan rings is 1. The van der Waals surface area contributed by atoms with Crippen molar-refractivity contribution in [2.24, 2.45) is 11.8 Å². The van der Waals surface area contributed by atoms with Gasteiger partial charge in [0.2, 0.25) is 0 Å². The van der Waals surface area contributed by atoms with Gasteiger partial charge in [-0.15, -0.1) is 0 Å². The Balaban J connectivity index is 1.95. The molecule has 2 bridgehead atoms. The molecule has 0 spiro atoms. The maximum Gasteiger partial charge on any atom is 0.173 e. The highest BCUT2D eigenvalue weighted by Crippen LogP contribution is 2.43. The minimum atomic E-state index is -1.26. The smallest absolute Gasteiger partial charge is 0.173 e. The highest BCUT2D eigenvalue weighted by molar-refractivity contribution is 7.84. The molecule has 3 atom stereocenters. The van der Waals surface area contributed by atoms with E-state index < -0.39 is 10.8 Å². The number of Topliss-reactive ketones (excluding diaryl/α,β-unsaturated/α-hetero) is 2. The second kappa shape index (κ2) is 5.66. The molecule has 3 unspecified atom stereocenters. The Morgan fingerprint density at radius 1 is 1.20 bits per heavy atom. The van der Waals surface area contributed by atoms with E-state index in [4.69, 9.17) is 4.42 Å². The molecular formula is C19H18O5S. The van der Waals surface area contributed by atoms with Gasteiger partial charge in [0.25, 0.3) is 0 Å². The summed E-state index contributed by atoms with van der Waals surface area (Å²) >= 11 is 0. The van der Waals surface area contributed by atoms with Gasteiger partial charge in [0, 0.05) is 29.0 Å². The number of ketones is 2. The van der Waals surface area contributed by atoms with E-state index in [9.17, 15) is 18.9 Å². The number of benzene rings is 1. The predicted molar refractivity (Wildman–Crippen MR) is 93.7 cm³/mol. The molecule has 4 rings (SSSR count). The molecule has 0 saturated heterocycles. The number of fused-ring (bicyclic) bond motifs is 3. The summed E-state index contributed by atoms with van der Waals surface area (Å²) in [6.07, 6.45) is 3.57. The van der Waals surface area contributed by atoms with Gasteiger partial charge < -0.3 is 9.52 Å². The van der Waals surface area contributed by atoms with Crippen LogP contribution in [0.25, 0.3) is 16.7 Å². The molecule has 2 aliphatic carbocycles. The monoisotopic (exact) mass is 358 g/mol. The number of allylic oxidation sites excluding steroid dienone is 1. The van der Waals surface area contributed by atoms with Crippen molar-refractivity contribution in [2.75, 3.05) is 6.26 Å². The highest BCUT2D eigenvalue weighted by atomic mass is 32.2. The average Bonchev–Trinajstić information content (AvgIpc) is 3.16. The zero-order valence-electron chi connectivity index (χ0n) is 14.0. The van der Waals surface area contributed by atoms with Crippen LogP contribution in [0.5, 0.6) is 0 Å². The predicted octanol–water partition coefficient (Wildman–Crippen LogP) is 3.32. The summed E-state index contributed by atoms with van der Waals surface area (Å²) in [6, 6.07) is 4.94. The zero-order valence-corrected chi connectivity index (χ0v) is 14.8. The van der Waals surface area contributed by atoms with Crippen LogP contribution in [0.3, 0.4) is 0 Å². The van der Waals surface area contributed by atoms with Crippen LogP contribution in [0, 0.1) is 18.8 Å². The number of hydrogen-bond donors (Lipinski definition) is 1. The van der Waals surface area contributed by atoms with Gasteiger partial charge in [0.1, 0.15) is 17.1 Å². The Hall–Kier alpha value is -2.21. The third-order valence-electron chi connectivity index (χ3n) is 5.24. The van der Waals surface area contributed by atoms with Gasteiger partial charge in [-0.2, -0.15) is 0 Å². The van der Waals surface area contributed by atoms with Crippen LogP contribution in [0.2, 0.25) is 0 Å². The number of hydrogen-bond acceptors (Lipinski definition) is 5. The first kappa shape index (κ1) is 16.3. The van der Waals surface area contributed by atoms with Crippen molar-refractivity contribution < 1.29 is 23.3 Å². The molecule has 1 heterocycles. The number of aliphatic hydroxyl groups excluding tert-OH is 1. The molecule has 130 valence electrons. The molecule has 0 amide bonds. The Morgan fingerprint density at radius 3 is 2.44 bits per heavy atom. The van der Waals surface area contributed by atoms with Crippen LogP contribution in [-0.4, -0.2) is 27.1 Å². The van der Waals surface area contributed by atoms with Crippen molar-refractivity contribution in [3.8, 4) is 0 Å². The van der Waals surface area contributed by atoms with Crippen LogP contribution in [0.1, 0.15) is 30.6 Å². The standard InChI is InChI=1S/C19H18O5S/c1-9-7-13-12(5-6-14(25(2)23)19(13)24-9)18(22)15-16(20)10-3-4-11(8-10)17(15)21/h5-7,10-11,22H,3-4,8H2,1-2H3.